The summed E-state index contributed by atoms with van der Waals surface area (Å²) in [5.41, 5.74) is 1.77. The van der Waals surface area contributed by atoms with Gasteiger partial charge in [0.2, 0.25) is 0 Å². The Bertz CT molecular complexity index is 281. The van der Waals surface area contributed by atoms with Crippen LogP contribution < -0.4 is 5.32 Å². The maximum atomic E-state index is 3.74. The lowest BCUT2D eigenvalue weighted by molar-refractivity contribution is 0.331. The van der Waals surface area contributed by atoms with Crippen molar-refractivity contribution in [3.8, 4) is 0 Å². The van der Waals surface area contributed by atoms with E-state index in [2.05, 4.69) is 18.3 Å². The van der Waals surface area contributed by atoms with E-state index in [-0.39, 0.29) is 0 Å². The molecular formula is C19H35N. The Morgan fingerprint density at radius 3 is 2.35 bits per heavy atom. The van der Waals surface area contributed by atoms with E-state index in [0.717, 1.165) is 12.1 Å². The summed E-state index contributed by atoms with van der Waals surface area (Å²) in [7, 11) is 0. The summed E-state index contributed by atoms with van der Waals surface area (Å²) in [5, 5.41) is 3.74. The Labute approximate surface area is 126 Å². The summed E-state index contributed by atoms with van der Waals surface area (Å²) in [4.78, 5) is 0. The van der Waals surface area contributed by atoms with Crippen molar-refractivity contribution in [2.75, 3.05) is 0 Å². The Kier molecular flexibility index (Phi) is 7.72. The predicted molar refractivity (Wildman–Crippen MR) is 89.1 cm³/mol. The number of hydrogen-bond donors (Lipinski definition) is 1. The lowest BCUT2D eigenvalue weighted by Crippen LogP contribution is -2.44. The van der Waals surface area contributed by atoms with Gasteiger partial charge in [0, 0.05) is 12.1 Å². The minimum atomic E-state index is 0.719. The molecule has 0 aromatic heterocycles. The summed E-state index contributed by atoms with van der Waals surface area (Å²) in [6, 6.07) is 1.53. The zero-order chi connectivity index (χ0) is 14.0. The number of hydrogen-bond acceptors (Lipinski definition) is 1. The van der Waals surface area contributed by atoms with Crippen molar-refractivity contribution >= 4 is 0 Å². The molecular weight excluding hydrogens is 242 g/mol. The summed E-state index contributed by atoms with van der Waals surface area (Å²) < 4.78 is 0. The number of rotatable bonds is 10. The van der Waals surface area contributed by atoms with E-state index in [9.17, 15) is 0 Å². The summed E-state index contributed by atoms with van der Waals surface area (Å²) in [6.07, 6.45) is 22.5. The van der Waals surface area contributed by atoms with Gasteiger partial charge in [0.05, 0.1) is 0 Å². The molecule has 0 spiro atoms. The fourth-order valence-corrected chi connectivity index (χ4v) is 3.86. The molecule has 20 heavy (non-hydrogen) atoms. The molecule has 0 aromatic rings. The van der Waals surface area contributed by atoms with Crippen molar-refractivity contribution < 1.29 is 0 Å². The second kappa shape index (κ2) is 9.60. The summed E-state index contributed by atoms with van der Waals surface area (Å²) in [6.45, 7) is 2.30. The molecule has 2 aliphatic rings. The molecule has 0 radical (unpaired) electrons. The van der Waals surface area contributed by atoms with Gasteiger partial charge in [-0.2, -0.15) is 0 Å². The molecule has 0 saturated carbocycles. The Hall–Kier alpha value is -0.300. The molecule has 0 amide bonds. The molecule has 1 N–H and O–H groups in total. The normalized spacial score (nSPS) is 25.6. The smallest absolute Gasteiger partial charge is 0.0255 e. The maximum absolute atomic E-state index is 3.74. The van der Waals surface area contributed by atoms with Crippen molar-refractivity contribution in [3.63, 3.8) is 0 Å². The first-order chi connectivity index (χ1) is 9.88. The number of piperidine rings is 1. The molecule has 2 atom stereocenters. The van der Waals surface area contributed by atoms with Gasteiger partial charge in [-0.15, -0.1) is 0 Å². The minimum Gasteiger partial charge on any atom is -0.307 e. The highest BCUT2D eigenvalue weighted by atomic mass is 15.0. The summed E-state index contributed by atoms with van der Waals surface area (Å²) in [5.74, 6) is 0. The zero-order valence-electron chi connectivity index (χ0n) is 13.6. The Morgan fingerprint density at radius 2 is 1.65 bits per heavy atom. The maximum Gasteiger partial charge on any atom is 0.0255 e. The van der Waals surface area contributed by atoms with E-state index in [1.54, 1.807) is 5.57 Å². The van der Waals surface area contributed by atoms with E-state index in [4.69, 9.17) is 0 Å². The molecule has 0 aliphatic carbocycles. The second-order valence-electron chi connectivity index (χ2n) is 7.01. The van der Waals surface area contributed by atoms with Crippen molar-refractivity contribution in [1.82, 2.24) is 5.32 Å². The predicted octanol–water partition coefficient (Wildman–Crippen LogP) is 5.75. The largest absolute Gasteiger partial charge is 0.307 e. The van der Waals surface area contributed by atoms with Crippen LogP contribution in [0.3, 0.4) is 0 Å². The van der Waals surface area contributed by atoms with E-state index < -0.39 is 0 Å². The molecule has 116 valence electrons. The highest BCUT2D eigenvalue weighted by Crippen LogP contribution is 2.27. The molecule has 1 heteroatoms. The molecule has 2 unspecified atom stereocenters. The lowest BCUT2D eigenvalue weighted by Gasteiger charge is -2.35. The lowest BCUT2D eigenvalue weighted by atomic mass is 9.85. The monoisotopic (exact) mass is 277 g/mol. The molecule has 1 nitrogen and oxygen atoms in total. The van der Waals surface area contributed by atoms with Crippen LogP contribution in [-0.2, 0) is 0 Å². The first kappa shape index (κ1) is 16.1. The van der Waals surface area contributed by atoms with Crippen molar-refractivity contribution in [2.45, 2.75) is 109 Å². The molecule has 2 rings (SSSR count). The van der Waals surface area contributed by atoms with Gasteiger partial charge in [-0.05, 0) is 32.1 Å². The van der Waals surface area contributed by atoms with Gasteiger partial charge in [-0.1, -0.05) is 76.4 Å². The fourth-order valence-electron chi connectivity index (χ4n) is 3.86. The number of fused-ring (bicyclic) bond motifs is 2. The van der Waals surface area contributed by atoms with Crippen LogP contribution in [0.1, 0.15) is 96.8 Å². The Morgan fingerprint density at radius 1 is 0.950 bits per heavy atom. The van der Waals surface area contributed by atoms with Crippen LogP contribution in [0.2, 0.25) is 0 Å². The van der Waals surface area contributed by atoms with E-state index >= 15 is 0 Å². The van der Waals surface area contributed by atoms with Gasteiger partial charge >= 0.3 is 0 Å². The average Bonchev–Trinajstić information content (AvgIpc) is 2.45. The van der Waals surface area contributed by atoms with Gasteiger partial charge in [-0.3, -0.25) is 0 Å². The van der Waals surface area contributed by atoms with Gasteiger partial charge < -0.3 is 5.32 Å². The summed E-state index contributed by atoms with van der Waals surface area (Å²) >= 11 is 0. The van der Waals surface area contributed by atoms with Crippen LogP contribution in [-0.4, -0.2) is 12.1 Å². The second-order valence-corrected chi connectivity index (χ2v) is 7.01. The quantitative estimate of drug-likeness (QED) is 0.396. The van der Waals surface area contributed by atoms with E-state index in [1.807, 2.05) is 0 Å². The standard InChI is InChI=1S/C19H35N/c1-2-3-4-5-6-7-8-9-10-12-17-15-18-13-11-14-19(16-17)20-18/h15,18-20H,2-14,16H2,1H3. The van der Waals surface area contributed by atoms with E-state index in [1.165, 1.54) is 89.9 Å². The Balaban J connectivity index is 1.46. The van der Waals surface area contributed by atoms with Crippen LogP contribution >= 0.6 is 0 Å². The third kappa shape index (κ3) is 5.99. The molecule has 2 aliphatic heterocycles. The van der Waals surface area contributed by atoms with Gasteiger partial charge in [0.25, 0.3) is 0 Å². The topological polar surface area (TPSA) is 12.0 Å². The first-order valence-corrected chi connectivity index (χ1v) is 9.34. The van der Waals surface area contributed by atoms with Crippen LogP contribution in [0.4, 0.5) is 0 Å². The average molecular weight is 277 g/mol. The molecule has 1 fully saturated rings. The van der Waals surface area contributed by atoms with Gasteiger partial charge in [0.1, 0.15) is 0 Å². The van der Waals surface area contributed by atoms with Gasteiger partial charge in [0.15, 0.2) is 0 Å². The molecule has 0 aromatic carbocycles. The van der Waals surface area contributed by atoms with Crippen LogP contribution in [0.25, 0.3) is 0 Å². The fraction of sp³-hybridized carbons (Fsp3) is 0.895. The van der Waals surface area contributed by atoms with Crippen LogP contribution in [0.5, 0.6) is 0 Å². The van der Waals surface area contributed by atoms with Crippen LogP contribution in [0.15, 0.2) is 11.6 Å². The van der Waals surface area contributed by atoms with Crippen molar-refractivity contribution in [2.24, 2.45) is 0 Å². The first-order valence-electron chi connectivity index (χ1n) is 9.34. The van der Waals surface area contributed by atoms with Crippen molar-refractivity contribution in [1.29, 1.82) is 0 Å². The van der Waals surface area contributed by atoms with Gasteiger partial charge in [-0.25, -0.2) is 0 Å². The third-order valence-electron chi connectivity index (χ3n) is 5.06. The molecule has 2 heterocycles. The van der Waals surface area contributed by atoms with E-state index in [0.29, 0.717) is 0 Å². The van der Waals surface area contributed by atoms with Crippen LogP contribution in [0, 0.1) is 0 Å². The number of unbranched alkanes of at least 4 members (excludes halogenated alkanes) is 8. The molecule has 2 bridgehead atoms. The SMILES string of the molecule is CCCCCCCCCCCC1=CC2CCCC(C1)N2. The molecule has 1 saturated heterocycles. The van der Waals surface area contributed by atoms with Crippen molar-refractivity contribution in [3.05, 3.63) is 11.6 Å². The third-order valence-corrected chi connectivity index (χ3v) is 5.06. The number of nitrogens with one attached hydrogen (secondary N) is 1. The highest BCUT2D eigenvalue weighted by molar-refractivity contribution is 5.15. The zero-order valence-corrected chi connectivity index (χ0v) is 13.6. The minimum absolute atomic E-state index is 0.719. The highest BCUT2D eigenvalue weighted by Gasteiger charge is 2.24.